The first-order chi connectivity index (χ1) is 9.15. The Hall–Kier alpha value is -0.930. The summed E-state index contributed by atoms with van der Waals surface area (Å²) in [5.41, 5.74) is 0.643. The molecule has 0 aromatic heterocycles. The molecule has 3 atom stereocenters. The predicted octanol–water partition coefficient (Wildman–Crippen LogP) is 3.28. The van der Waals surface area contributed by atoms with E-state index in [2.05, 4.69) is 12.2 Å². The zero-order valence-electron chi connectivity index (χ0n) is 11.6. The summed E-state index contributed by atoms with van der Waals surface area (Å²) in [5, 5.41) is 13.3. The highest BCUT2D eigenvalue weighted by Gasteiger charge is 2.18. The van der Waals surface area contributed by atoms with Crippen molar-refractivity contribution in [2.24, 2.45) is 11.8 Å². The third-order valence-electron chi connectivity index (χ3n) is 4.05. The van der Waals surface area contributed by atoms with E-state index in [1.54, 1.807) is 12.1 Å². The van der Waals surface area contributed by atoms with E-state index in [0.717, 1.165) is 18.4 Å². The quantitative estimate of drug-likeness (QED) is 0.856. The van der Waals surface area contributed by atoms with Crippen LogP contribution in [-0.4, -0.2) is 18.2 Å². The van der Waals surface area contributed by atoms with Crippen molar-refractivity contribution in [2.75, 3.05) is 13.1 Å². The van der Waals surface area contributed by atoms with Gasteiger partial charge in [-0.3, -0.25) is 0 Å². The number of hydrogen-bond donors (Lipinski definition) is 2. The first-order valence-corrected chi connectivity index (χ1v) is 7.29. The van der Waals surface area contributed by atoms with Gasteiger partial charge in [0.25, 0.3) is 0 Å². The Kier molecular flexibility index (Phi) is 5.34. The van der Waals surface area contributed by atoms with Gasteiger partial charge in [-0.1, -0.05) is 31.9 Å². The summed E-state index contributed by atoms with van der Waals surface area (Å²) < 4.78 is 13.1. The normalized spacial score (nSPS) is 25.2. The molecule has 1 saturated carbocycles. The first-order valence-electron chi connectivity index (χ1n) is 7.29. The van der Waals surface area contributed by atoms with Gasteiger partial charge in [0.15, 0.2) is 0 Å². The van der Waals surface area contributed by atoms with Gasteiger partial charge in [-0.05, 0) is 48.9 Å². The molecule has 1 aliphatic carbocycles. The van der Waals surface area contributed by atoms with E-state index < -0.39 is 6.10 Å². The van der Waals surface area contributed by atoms with Crippen molar-refractivity contribution in [2.45, 2.75) is 38.7 Å². The van der Waals surface area contributed by atoms with Crippen molar-refractivity contribution in [3.8, 4) is 0 Å². The molecule has 0 amide bonds. The molecule has 2 nitrogen and oxygen atoms in total. The molecule has 1 fully saturated rings. The Morgan fingerprint density at radius 3 is 3.00 bits per heavy atom. The van der Waals surface area contributed by atoms with E-state index in [0.29, 0.717) is 12.1 Å². The maximum absolute atomic E-state index is 13.1. The van der Waals surface area contributed by atoms with Gasteiger partial charge >= 0.3 is 0 Å². The number of benzene rings is 1. The molecule has 0 bridgehead atoms. The van der Waals surface area contributed by atoms with E-state index >= 15 is 0 Å². The lowest BCUT2D eigenvalue weighted by atomic mass is 9.82. The van der Waals surface area contributed by atoms with Crippen molar-refractivity contribution in [1.29, 1.82) is 0 Å². The van der Waals surface area contributed by atoms with E-state index in [-0.39, 0.29) is 5.82 Å². The Morgan fingerprint density at radius 1 is 1.42 bits per heavy atom. The lowest BCUT2D eigenvalue weighted by Gasteiger charge is -2.27. The van der Waals surface area contributed by atoms with Gasteiger partial charge in [0.2, 0.25) is 0 Å². The first kappa shape index (κ1) is 14.5. The SMILES string of the molecule is CC1CCCC(CNCC(O)c2cccc(F)c2)C1. The maximum Gasteiger partial charge on any atom is 0.123 e. The fourth-order valence-corrected chi connectivity index (χ4v) is 3.00. The summed E-state index contributed by atoms with van der Waals surface area (Å²) in [4.78, 5) is 0. The molecule has 3 heteroatoms. The van der Waals surface area contributed by atoms with Gasteiger partial charge in [-0.15, -0.1) is 0 Å². The lowest BCUT2D eigenvalue weighted by Crippen LogP contribution is -2.29. The third-order valence-corrected chi connectivity index (χ3v) is 4.05. The van der Waals surface area contributed by atoms with E-state index in [1.807, 2.05) is 0 Å². The molecule has 0 heterocycles. The molecular weight excluding hydrogens is 241 g/mol. The Bertz CT molecular complexity index is 396. The van der Waals surface area contributed by atoms with Crippen LogP contribution in [0.2, 0.25) is 0 Å². The highest BCUT2D eigenvalue weighted by atomic mass is 19.1. The summed E-state index contributed by atoms with van der Waals surface area (Å²) in [7, 11) is 0. The van der Waals surface area contributed by atoms with Crippen LogP contribution >= 0.6 is 0 Å². The summed E-state index contributed by atoms with van der Waals surface area (Å²) in [6, 6.07) is 6.19. The van der Waals surface area contributed by atoms with Crippen LogP contribution in [0.3, 0.4) is 0 Å². The van der Waals surface area contributed by atoms with E-state index in [1.165, 1.54) is 37.8 Å². The van der Waals surface area contributed by atoms with Gasteiger partial charge in [-0.25, -0.2) is 4.39 Å². The Morgan fingerprint density at radius 2 is 2.26 bits per heavy atom. The number of aliphatic hydroxyl groups excluding tert-OH is 1. The molecule has 106 valence electrons. The molecule has 1 aliphatic rings. The lowest BCUT2D eigenvalue weighted by molar-refractivity contribution is 0.168. The molecule has 0 radical (unpaired) electrons. The summed E-state index contributed by atoms with van der Waals surface area (Å²) >= 11 is 0. The zero-order chi connectivity index (χ0) is 13.7. The van der Waals surface area contributed by atoms with Crippen molar-refractivity contribution < 1.29 is 9.50 Å². The second kappa shape index (κ2) is 7.01. The van der Waals surface area contributed by atoms with Gasteiger partial charge in [0.05, 0.1) is 6.10 Å². The molecule has 3 unspecified atom stereocenters. The second-order valence-corrected chi connectivity index (χ2v) is 5.87. The smallest absolute Gasteiger partial charge is 0.123 e. The van der Waals surface area contributed by atoms with Crippen LogP contribution in [0.1, 0.15) is 44.3 Å². The fraction of sp³-hybridized carbons (Fsp3) is 0.625. The van der Waals surface area contributed by atoms with Crippen LogP contribution in [0.5, 0.6) is 0 Å². The number of nitrogens with one attached hydrogen (secondary N) is 1. The largest absolute Gasteiger partial charge is 0.387 e. The molecule has 0 spiro atoms. The van der Waals surface area contributed by atoms with Gasteiger partial charge in [0.1, 0.15) is 5.82 Å². The zero-order valence-corrected chi connectivity index (χ0v) is 11.6. The van der Waals surface area contributed by atoms with Crippen molar-refractivity contribution in [3.05, 3.63) is 35.6 Å². The van der Waals surface area contributed by atoms with E-state index in [4.69, 9.17) is 0 Å². The topological polar surface area (TPSA) is 32.3 Å². The van der Waals surface area contributed by atoms with Crippen LogP contribution in [0.4, 0.5) is 4.39 Å². The number of hydrogen-bond acceptors (Lipinski definition) is 2. The van der Waals surface area contributed by atoms with Crippen molar-refractivity contribution >= 4 is 0 Å². The van der Waals surface area contributed by atoms with Crippen LogP contribution < -0.4 is 5.32 Å². The average molecular weight is 265 g/mol. The Balaban J connectivity index is 1.73. The minimum absolute atomic E-state index is 0.294. The van der Waals surface area contributed by atoms with Crippen LogP contribution in [-0.2, 0) is 0 Å². The van der Waals surface area contributed by atoms with Gasteiger partial charge in [0, 0.05) is 6.54 Å². The molecule has 19 heavy (non-hydrogen) atoms. The highest BCUT2D eigenvalue weighted by molar-refractivity contribution is 5.18. The molecule has 0 aliphatic heterocycles. The molecule has 2 N–H and O–H groups in total. The molecule has 0 saturated heterocycles. The third kappa shape index (κ3) is 4.59. The monoisotopic (exact) mass is 265 g/mol. The average Bonchev–Trinajstić information content (AvgIpc) is 2.38. The maximum atomic E-state index is 13.1. The molecule has 2 rings (SSSR count). The number of aliphatic hydroxyl groups is 1. The van der Waals surface area contributed by atoms with Gasteiger partial charge < -0.3 is 10.4 Å². The predicted molar refractivity (Wildman–Crippen MR) is 75.4 cm³/mol. The summed E-state index contributed by atoms with van der Waals surface area (Å²) in [6.07, 6.45) is 4.61. The standard InChI is InChI=1S/C16H24FNO/c1-12-4-2-5-13(8-12)10-18-11-16(19)14-6-3-7-15(17)9-14/h3,6-7,9,12-13,16,18-19H,2,4-5,8,10-11H2,1H3. The minimum Gasteiger partial charge on any atom is -0.387 e. The number of rotatable bonds is 5. The van der Waals surface area contributed by atoms with Crippen LogP contribution in [0.15, 0.2) is 24.3 Å². The van der Waals surface area contributed by atoms with Crippen LogP contribution in [0.25, 0.3) is 0 Å². The molecular formula is C16H24FNO. The minimum atomic E-state index is -0.628. The van der Waals surface area contributed by atoms with Crippen molar-refractivity contribution in [1.82, 2.24) is 5.32 Å². The number of halogens is 1. The van der Waals surface area contributed by atoms with Gasteiger partial charge in [-0.2, -0.15) is 0 Å². The highest BCUT2D eigenvalue weighted by Crippen LogP contribution is 2.28. The second-order valence-electron chi connectivity index (χ2n) is 5.87. The summed E-state index contributed by atoms with van der Waals surface area (Å²) in [5.74, 6) is 1.26. The van der Waals surface area contributed by atoms with Crippen LogP contribution in [0, 0.1) is 17.7 Å². The summed E-state index contributed by atoms with van der Waals surface area (Å²) in [6.45, 7) is 3.76. The molecule has 1 aromatic carbocycles. The van der Waals surface area contributed by atoms with E-state index in [9.17, 15) is 9.50 Å². The fourth-order valence-electron chi connectivity index (χ4n) is 3.00. The Labute approximate surface area is 115 Å². The molecule has 1 aromatic rings. The van der Waals surface area contributed by atoms with Crippen molar-refractivity contribution in [3.63, 3.8) is 0 Å².